The lowest BCUT2D eigenvalue weighted by Gasteiger charge is -2.50. The Labute approximate surface area is 260 Å². The molecule has 4 aromatic rings. The summed E-state index contributed by atoms with van der Waals surface area (Å²) in [5.74, 6) is 0.853. The molecule has 1 aliphatic rings. The summed E-state index contributed by atoms with van der Waals surface area (Å²) in [7, 11) is 0. The third kappa shape index (κ3) is 6.79. The van der Waals surface area contributed by atoms with E-state index in [9.17, 15) is 5.26 Å². The first-order valence-corrected chi connectivity index (χ1v) is 13.4. The number of nitriles is 1. The molecule has 0 amide bonds. The van der Waals surface area contributed by atoms with Crippen molar-refractivity contribution >= 4 is 64.7 Å². The Morgan fingerprint density at radius 3 is 2.49 bits per heavy atom. The Kier molecular flexibility index (Phi) is 10.7. The second-order valence-corrected chi connectivity index (χ2v) is 11.1. The summed E-state index contributed by atoms with van der Waals surface area (Å²) >= 11 is 12.6. The third-order valence-electron chi connectivity index (χ3n) is 6.83. The summed E-state index contributed by atoms with van der Waals surface area (Å²) in [4.78, 5) is 10.3. The van der Waals surface area contributed by atoms with Gasteiger partial charge in [-0.25, -0.2) is 9.37 Å². The van der Waals surface area contributed by atoms with E-state index in [2.05, 4.69) is 45.4 Å². The second kappa shape index (κ2) is 13.4. The number of ether oxygens (including phenoxy) is 1. The van der Waals surface area contributed by atoms with Crippen LogP contribution in [0.15, 0.2) is 42.9 Å². The van der Waals surface area contributed by atoms with E-state index < -0.39 is 11.9 Å². The molecule has 1 saturated heterocycles. The number of hydrogen-bond acceptors (Lipinski definition) is 7. The van der Waals surface area contributed by atoms with Crippen molar-refractivity contribution in [2.45, 2.75) is 38.8 Å². The fourth-order valence-electron chi connectivity index (χ4n) is 4.84. The number of fused-ring (bicyclic) bond motifs is 1. The molecule has 3 aromatic heterocycles. The molecule has 0 radical (unpaired) electrons. The first-order chi connectivity index (χ1) is 18.7. The number of rotatable bonds is 9. The zero-order valence-electron chi connectivity index (χ0n) is 22.6. The molecule has 4 heterocycles. The van der Waals surface area contributed by atoms with Gasteiger partial charge in [-0.3, -0.25) is 10.1 Å². The van der Waals surface area contributed by atoms with E-state index in [4.69, 9.17) is 27.9 Å². The summed E-state index contributed by atoms with van der Waals surface area (Å²) in [6.07, 6.45) is 4.59. The second-order valence-electron chi connectivity index (χ2n) is 10.3. The van der Waals surface area contributed by atoms with Crippen LogP contribution in [0, 0.1) is 23.1 Å². The molecule has 1 atom stereocenters. The highest BCUT2D eigenvalue weighted by Gasteiger charge is 2.44. The van der Waals surface area contributed by atoms with E-state index in [1.807, 2.05) is 30.0 Å². The maximum atomic E-state index is 15.3. The summed E-state index contributed by atoms with van der Waals surface area (Å²) in [6, 6.07) is 9.20. The normalized spacial score (nSPS) is 14.5. The molecule has 5 rings (SSSR count). The highest BCUT2D eigenvalue weighted by molar-refractivity contribution is 6.35. The van der Waals surface area contributed by atoms with E-state index in [0.29, 0.717) is 58.0 Å². The summed E-state index contributed by atoms with van der Waals surface area (Å²) in [6.45, 7) is 7.92. The molecule has 0 unspecified atom stereocenters. The number of nitrogens with zero attached hydrogens (tertiary/aromatic N) is 5. The Morgan fingerprint density at radius 1 is 1.15 bits per heavy atom. The molecular weight excluding hydrogens is 611 g/mol. The molecule has 2 N–H and O–H groups in total. The summed E-state index contributed by atoms with van der Waals surface area (Å²) < 4.78 is 21.4. The lowest BCUT2D eigenvalue weighted by Crippen LogP contribution is -2.70. The van der Waals surface area contributed by atoms with Crippen LogP contribution < -0.4 is 15.0 Å². The van der Waals surface area contributed by atoms with Crippen LogP contribution in [0.25, 0.3) is 22.2 Å². The zero-order valence-corrected chi connectivity index (χ0v) is 25.8. The van der Waals surface area contributed by atoms with Crippen LogP contribution in [0.3, 0.4) is 0 Å². The molecule has 13 heteroatoms. The average molecular weight is 641 g/mol. The molecule has 1 aliphatic heterocycles. The van der Waals surface area contributed by atoms with Crippen molar-refractivity contribution in [1.82, 2.24) is 25.5 Å². The smallest absolute Gasteiger partial charge is 0.166 e. The van der Waals surface area contributed by atoms with Crippen LogP contribution in [0.2, 0.25) is 10.0 Å². The van der Waals surface area contributed by atoms with Crippen LogP contribution in [0.5, 0.6) is 5.75 Å². The van der Waals surface area contributed by atoms with E-state index in [0.717, 1.165) is 17.4 Å². The van der Waals surface area contributed by atoms with Crippen molar-refractivity contribution in [3.8, 4) is 23.1 Å². The average Bonchev–Trinajstić information content (AvgIpc) is 3.28. The molecule has 1 fully saturated rings. The van der Waals surface area contributed by atoms with Gasteiger partial charge < -0.3 is 15.0 Å². The SMILES string of the molecule is CC(C)CNC1(CC#N)CN(c2ncc(-c3n[nH]c4ccc(O[C@H](C)c5c(Cl)cncc5Cl)cc34)cc2F)C1.Cl.Cl. The van der Waals surface area contributed by atoms with Gasteiger partial charge in [-0.05, 0) is 43.7 Å². The predicted octanol–water partition coefficient (Wildman–Crippen LogP) is 7.17. The quantitative estimate of drug-likeness (QED) is 0.200. The zero-order chi connectivity index (χ0) is 27.7. The van der Waals surface area contributed by atoms with Crippen molar-refractivity contribution in [2.24, 2.45) is 5.92 Å². The minimum Gasteiger partial charge on any atom is -0.486 e. The van der Waals surface area contributed by atoms with Crippen LogP contribution >= 0.6 is 48.0 Å². The fraction of sp³-hybridized carbons (Fsp3) is 0.357. The molecule has 0 aliphatic carbocycles. The molecule has 0 saturated carbocycles. The van der Waals surface area contributed by atoms with Crippen LogP contribution in [0.4, 0.5) is 10.2 Å². The van der Waals surface area contributed by atoms with Gasteiger partial charge in [0.05, 0.1) is 33.6 Å². The minimum atomic E-state index is -0.443. The number of benzene rings is 1. The van der Waals surface area contributed by atoms with Crippen LogP contribution in [-0.4, -0.2) is 45.3 Å². The molecule has 0 spiro atoms. The number of H-pyrrole nitrogens is 1. The first kappa shape index (κ1) is 32.6. The molecule has 8 nitrogen and oxygen atoms in total. The lowest BCUT2D eigenvalue weighted by atomic mass is 9.86. The Bertz CT molecular complexity index is 1530. The maximum absolute atomic E-state index is 15.3. The number of aromatic nitrogens is 4. The van der Waals surface area contributed by atoms with Gasteiger partial charge in [-0.1, -0.05) is 37.0 Å². The van der Waals surface area contributed by atoms with Gasteiger partial charge in [-0.15, -0.1) is 24.8 Å². The van der Waals surface area contributed by atoms with Crippen LogP contribution in [0.1, 0.15) is 38.9 Å². The minimum absolute atomic E-state index is 0. The monoisotopic (exact) mass is 639 g/mol. The number of aromatic amines is 1. The van der Waals surface area contributed by atoms with E-state index in [-0.39, 0.29) is 36.2 Å². The number of anilines is 1. The topological polar surface area (TPSA) is 103 Å². The highest BCUT2D eigenvalue weighted by atomic mass is 35.5. The van der Waals surface area contributed by atoms with Gasteiger partial charge in [0.15, 0.2) is 11.6 Å². The molecule has 1 aromatic carbocycles. The Hall–Kier alpha value is -2.87. The molecule has 41 heavy (non-hydrogen) atoms. The first-order valence-electron chi connectivity index (χ1n) is 12.7. The highest BCUT2D eigenvalue weighted by Crippen LogP contribution is 2.36. The van der Waals surface area contributed by atoms with Gasteiger partial charge in [0.2, 0.25) is 0 Å². The number of nitrogens with one attached hydrogen (secondary N) is 2. The number of halogens is 5. The van der Waals surface area contributed by atoms with Crippen molar-refractivity contribution in [3.63, 3.8) is 0 Å². The van der Waals surface area contributed by atoms with Gasteiger partial charge in [0.25, 0.3) is 0 Å². The predicted molar refractivity (Wildman–Crippen MR) is 165 cm³/mol. The standard InChI is InChI=1S/C28H28Cl2FN7O.2ClH/c1-16(2)10-35-28(6-7-32)14-38(15-28)27-23(31)8-18(11-34-27)26-20-9-19(4-5-24(20)36-37-26)39-17(3)25-21(29)12-33-13-22(25)30;;/h4-5,8-9,11-13,16-17,35H,6,10,14-15H2,1-3H3,(H,36,37);2*1H/t17-;;/m1../s1. The van der Waals surface area contributed by atoms with Gasteiger partial charge >= 0.3 is 0 Å². The van der Waals surface area contributed by atoms with E-state index in [1.165, 1.54) is 18.5 Å². The summed E-state index contributed by atoms with van der Waals surface area (Å²) in [5, 5.41) is 21.8. The van der Waals surface area contributed by atoms with Gasteiger partial charge in [0, 0.05) is 48.2 Å². The van der Waals surface area contributed by atoms with Crippen molar-refractivity contribution < 1.29 is 9.13 Å². The van der Waals surface area contributed by atoms with Crippen molar-refractivity contribution in [3.05, 3.63) is 64.3 Å². The van der Waals surface area contributed by atoms with E-state index in [1.54, 1.807) is 6.20 Å². The fourth-order valence-corrected chi connectivity index (χ4v) is 5.52. The summed E-state index contributed by atoms with van der Waals surface area (Å²) in [5.41, 5.74) is 2.17. The lowest BCUT2D eigenvalue weighted by molar-refractivity contribution is 0.227. The van der Waals surface area contributed by atoms with Crippen LogP contribution in [-0.2, 0) is 0 Å². The third-order valence-corrected chi connectivity index (χ3v) is 7.43. The maximum Gasteiger partial charge on any atom is 0.166 e. The molecule has 0 bridgehead atoms. The molecular formula is C28H30Cl4FN7O. The Balaban J connectivity index is 0.00000231. The van der Waals surface area contributed by atoms with E-state index >= 15 is 4.39 Å². The molecule has 218 valence electrons. The van der Waals surface area contributed by atoms with Crippen molar-refractivity contribution in [2.75, 3.05) is 24.5 Å². The van der Waals surface area contributed by atoms with Crippen molar-refractivity contribution in [1.29, 1.82) is 5.26 Å². The van der Waals surface area contributed by atoms with Gasteiger partial charge in [0.1, 0.15) is 17.5 Å². The largest absolute Gasteiger partial charge is 0.486 e. The number of hydrogen-bond donors (Lipinski definition) is 2. The number of pyridine rings is 2. The van der Waals surface area contributed by atoms with Gasteiger partial charge in [-0.2, -0.15) is 10.4 Å². The Morgan fingerprint density at radius 2 is 1.85 bits per heavy atom.